The van der Waals surface area contributed by atoms with E-state index in [4.69, 9.17) is 9.84 Å². The quantitative estimate of drug-likeness (QED) is 0.776. The molecule has 0 aliphatic rings. The summed E-state index contributed by atoms with van der Waals surface area (Å²) in [6.45, 7) is 1.44. The molecule has 0 radical (unpaired) electrons. The SMILES string of the molecule is CC(Oc1cc(N(C)C)ncn1)C(=O)O. The summed E-state index contributed by atoms with van der Waals surface area (Å²) in [5.41, 5.74) is 0. The molecule has 82 valence electrons. The molecule has 1 aromatic heterocycles. The second-order valence-corrected chi connectivity index (χ2v) is 3.21. The smallest absolute Gasteiger partial charge is 0.344 e. The number of hydrogen-bond donors (Lipinski definition) is 1. The van der Waals surface area contributed by atoms with E-state index in [1.807, 2.05) is 14.1 Å². The predicted octanol–water partition coefficient (Wildman–Crippen LogP) is 0.394. The van der Waals surface area contributed by atoms with Crippen LogP contribution in [0.3, 0.4) is 0 Å². The number of hydrogen-bond acceptors (Lipinski definition) is 5. The molecule has 0 aliphatic heterocycles. The standard InChI is InChI=1S/C9H13N3O3/c1-6(9(13)14)15-8-4-7(12(2)3)10-5-11-8/h4-6H,1-3H3,(H,13,14). The Morgan fingerprint density at radius 2 is 2.20 bits per heavy atom. The molecule has 0 spiro atoms. The van der Waals surface area contributed by atoms with Gasteiger partial charge < -0.3 is 14.7 Å². The number of nitrogens with zero attached hydrogens (tertiary/aromatic N) is 3. The highest BCUT2D eigenvalue weighted by atomic mass is 16.5. The predicted molar refractivity (Wildman–Crippen MR) is 54.1 cm³/mol. The van der Waals surface area contributed by atoms with E-state index in [0.717, 1.165) is 0 Å². The Kier molecular flexibility index (Phi) is 3.43. The second-order valence-electron chi connectivity index (χ2n) is 3.21. The summed E-state index contributed by atoms with van der Waals surface area (Å²) in [4.78, 5) is 20.1. The second kappa shape index (κ2) is 4.59. The lowest BCUT2D eigenvalue weighted by Gasteiger charge is -2.13. The van der Waals surface area contributed by atoms with Gasteiger partial charge >= 0.3 is 5.97 Å². The Labute approximate surface area is 87.5 Å². The maximum Gasteiger partial charge on any atom is 0.344 e. The van der Waals surface area contributed by atoms with Gasteiger partial charge in [-0.1, -0.05) is 0 Å². The first-order valence-corrected chi connectivity index (χ1v) is 4.39. The number of anilines is 1. The fourth-order valence-corrected chi connectivity index (χ4v) is 0.870. The molecule has 1 aromatic rings. The van der Waals surface area contributed by atoms with Gasteiger partial charge in [0.25, 0.3) is 0 Å². The molecule has 1 rings (SSSR count). The molecule has 1 unspecified atom stereocenters. The van der Waals surface area contributed by atoms with Crippen molar-refractivity contribution in [3.63, 3.8) is 0 Å². The van der Waals surface area contributed by atoms with E-state index < -0.39 is 12.1 Å². The van der Waals surface area contributed by atoms with Crippen LogP contribution in [0.4, 0.5) is 5.82 Å². The van der Waals surface area contributed by atoms with Gasteiger partial charge in [0.15, 0.2) is 6.10 Å². The summed E-state index contributed by atoms with van der Waals surface area (Å²) in [5, 5.41) is 8.64. The minimum Gasteiger partial charge on any atom is -0.479 e. The van der Waals surface area contributed by atoms with Gasteiger partial charge in [-0.05, 0) is 6.92 Å². The fraction of sp³-hybridized carbons (Fsp3) is 0.444. The number of aromatic nitrogens is 2. The molecule has 6 heteroatoms. The van der Waals surface area contributed by atoms with Crippen molar-refractivity contribution in [2.75, 3.05) is 19.0 Å². The molecular formula is C9H13N3O3. The van der Waals surface area contributed by atoms with Gasteiger partial charge in [-0.25, -0.2) is 14.8 Å². The van der Waals surface area contributed by atoms with Crippen LogP contribution in [0.5, 0.6) is 5.88 Å². The molecular weight excluding hydrogens is 198 g/mol. The summed E-state index contributed by atoms with van der Waals surface area (Å²) in [6.07, 6.45) is 0.411. The number of carboxylic acid groups (broad SMARTS) is 1. The number of rotatable bonds is 4. The highest BCUT2D eigenvalue weighted by Gasteiger charge is 2.13. The van der Waals surface area contributed by atoms with E-state index in [1.54, 1.807) is 11.0 Å². The average molecular weight is 211 g/mol. The Balaban J connectivity index is 2.78. The van der Waals surface area contributed by atoms with Crippen LogP contribution in [0.15, 0.2) is 12.4 Å². The van der Waals surface area contributed by atoms with Crippen molar-refractivity contribution in [1.82, 2.24) is 9.97 Å². The lowest BCUT2D eigenvalue weighted by atomic mass is 10.4. The molecule has 0 saturated carbocycles. The third kappa shape index (κ3) is 3.08. The van der Waals surface area contributed by atoms with Crippen LogP contribution in [0.2, 0.25) is 0 Å². The van der Waals surface area contributed by atoms with Crippen LogP contribution in [0.25, 0.3) is 0 Å². The average Bonchev–Trinajstić information content (AvgIpc) is 2.18. The molecule has 6 nitrogen and oxygen atoms in total. The minimum atomic E-state index is -1.03. The van der Waals surface area contributed by atoms with Crippen molar-refractivity contribution in [3.8, 4) is 5.88 Å². The van der Waals surface area contributed by atoms with Crippen LogP contribution in [0.1, 0.15) is 6.92 Å². The van der Waals surface area contributed by atoms with Gasteiger partial charge in [0.2, 0.25) is 5.88 Å². The maximum absolute atomic E-state index is 10.5. The zero-order valence-electron chi connectivity index (χ0n) is 8.84. The van der Waals surface area contributed by atoms with E-state index >= 15 is 0 Å². The molecule has 0 aromatic carbocycles. The van der Waals surface area contributed by atoms with Crippen LogP contribution < -0.4 is 9.64 Å². The summed E-state index contributed by atoms with van der Waals surface area (Å²) < 4.78 is 5.09. The maximum atomic E-state index is 10.5. The van der Waals surface area contributed by atoms with Crippen molar-refractivity contribution < 1.29 is 14.6 Å². The zero-order chi connectivity index (χ0) is 11.4. The van der Waals surface area contributed by atoms with E-state index in [-0.39, 0.29) is 5.88 Å². The Morgan fingerprint density at radius 1 is 1.53 bits per heavy atom. The van der Waals surface area contributed by atoms with Crippen molar-refractivity contribution in [2.24, 2.45) is 0 Å². The molecule has 0 amide bonds. The normalized spacial score (nSPS) is 11.9. The monoisotopic (exact) mass is 211 g/mol. The van der Waals surface area contributed by atoms with Gasteiger partial charge in [-0.2, -0.15) is 0 Å². The first-order valence-electron chi connectivity index (χ1n) is 4.39. The largest absolute Gasteiger partial charge is 0.479 e. The molecule has 0 aliphatic carbocycles. The van der Waals surface area contributed by atoms with Crippen LogP contribution >= 0.6 is 0 Å². The summed E-state index contributed by atoms with van der Waals surface area (Å²) in [7, 11) is 3.65. The van der Waals surface area contributed by atoms with Crippen LogP contribution in [0, 0.1) is 0 Å². The van der Waals surface area contributed by atoms with E-state index in [0.29, 0.717) is 5.82 Å². The Bertz CT molecular complexity index is 354. The van der Waals surface area contributed by atoms with Gasteiger partial charge in [-0.15, -0.1) is 0 Å². The summed E-state index contributed by atoms with van der Waals surface area (Å²) >= 11 is 0. The fourth-order valence-electron chi connectivity index (χ4n) is 0.870. The number of carboxylic acids is 1. The van der Waals surface area contributed by atoms with Gasteiger partial charge in [-0.3, -0.25) is 0 Å². The lowest BCUT2D eigenvalue weighted by molar-refractivity contribution is -0.144. The van der Waals surface area contributed by atoms with Gasteiger partial charge in [0.1, 0.15) is 12.1 Å². The van der Waals surface area contributed by atoms with Crippen LogP contribution in [-0.4, -0.2) is 41.2 Å². The number of ether oxygens (including phenoxy) is 1. The molecule has 1 heterocycles. The molecule has 0 bridgehead atoms. The zero-order valence-corrected chi connectivity index (χ0v) is 8.84. The number of carbonyl (C=O) groups is 1. The third-order valence-electron chi connectivity index (χ3n) is 1.73. The Morgan fingerprint density at radius 3 is 2.73 bits per heavy atom. The summed E-state index contributed by atoms with van der Waals surface area (Å²) in [6, 6.07) is 1.58. The van der Waals surface area contributed by atoms with Crippen LogP contribution in [-0.2, 0) is 4.79 Å². The Hall–Kier alpha value is -1.85. The van der Waals surface area contributed by atoms with Crippen molar-refractivity contribution in [3.05, 3.63) is 12.4 Å². The van der Waals surface area contributed by atoms with E-state index in [9.17, 15) is 4.79 Å². The topological polar surface area (TPSA) is 75.5 Å². The third-order valence-corrected chi connectivity index (χ3v) is 1.73. The van der Waals surface area contributed by atoms with Gasteiger partial charge in [0.05, 0.1) is 0 Å². The van der Waals surface area contributed by atoms with E-state index in [1.165, 1.54) is 13.3 Å². The van der Waals surface area contributed by atoms with E-state index in [2.05, 4.69) is 9.97 Å². The highest BCUT2D eigenvalue weighted by Crippen LogP contribution is 2.14. The van der Waals surface area contributed by atoms with Crippen molar-refractivity contribution >= 4 is 11.8 Å². The molecule has 1 atom stereocenters. The first kappa shape index (κ1) is 11.2. The molecule has 0 fully saturated rings. The van der Waals surface area contributed by atoms with Crippen molar-refractivity contribution in [2.45, 2.75) is 13.0 Å². The molecule has 0 saturated heterocycles. The van der Waals surface area contributed by atoms with Crippen molar-refractivity contribution in [1.29, 1.82) is 0 Å². The minimum absolute atomic E-state index is 0.253. The number of aliphatic carboxylic acids is 1. The summed E-state index contributed by atoms with van der Waals surface area (Å²) in [5.74, 6) is -0.110. The highest BCUT2D eigenvalue weighted by molar-refractivity contribution is 5.72. The molecule has 1 N–H and O–H groups in total. The molecule has 15 heavy (non-hydrogen) atoms. The first-order chi connectivity index (χ1) is 7.00. The lowest BCUT2D eigenvalue weighted by Crippen LogP contribution is -2.23. The van der Waals surface area contributed by atoms with Gasteiger partial charge in [0, 0.05) is 20.2 Å².